The second-order valence-electron chi connectivity index (χ2n) is 9.15. The van der Waals surface area contributed by atoms with Crippen LogP contribution in [0.5, 0.6) is 5.75 Å². The van der Waals surface area contributed by atoms with Gasteiger partial charge >= 0.3 is 6.09 Å². The van der Waals surface area contributed by atoms with Gasteiger partial charge in [-0.05, 0) is 56.2 Å². The van der Waals surface area contributed by atoms with Gasteiger partial charge in [0.1, 0.15) is 5.75 Å². The van der Waals surface area contributed by atoms with Crippen LogP contribution in [0.15, 0.2) is 72.8 Å². The minimum Gasteiger partial charge on any atom is -0.496 e. The van der Waals surface area contributed by atoms with Crippen LogP contribution in [0.3, 0.4) is 0 Å². The van der Waals surface area contributed by atoms with Crippen molar-refractivity contribution in [2.45, 2.75) is 39.5 Å². The van der Waals surface area contributed by atoms with Gasteiger partial charge in [-0.1, -0.05) is 54.1 Å². The lowest BCUT2D eigenvalue weighted by Gasteiger charge is -2.29. The highest BCUT2D eigenvalue weighted by atomic mass is 16.6. The Bertz CT molecular complexity index is 1290. The fourth-order valence-corrected chi connectivity index (χ4v) is 4.59. The molecule has 1 fully saturated rings. The van der Waals surface area contributed by atoms with E-state index in [9.17, 15) is 14.4 Å². The van der Waals surface area contributed by atoms with E-state index in [4.69, 9.17) is 9.47 Å². The summed E-state index contributed by atoms with van der Waals surface area (Å²) >= 11 is 0. The molecule has 3 amide bonds. The van der Waals surface area contributed by atoms with Crippen molar-refractivity contribution in [3.05, 3.63) is 95.1 Å². The van der Waals surface area contributed by atoms with Crippen LogP contribution in [0.1, 0.15) is 47.0 Å². The molecule has 1 aliphatic heterocycles. The number of para-hydroxylation sites is 1. The van der Waals surface area contributed by atoms with Gasteiger partial charge in [-0.3, -0.25) is 14.5 Å². The van der Waals surface area contributed by atoms with Crippen LogP contribution in [-0.4, -0.2) is 53.9 Å². The average Bonchev–Trinajstić information content (AvgIpc) is 3.26. The second kappa shape index (κ2) is 11.8. The second-order valence-corrected chi connectivity index (χ2v) is 9.15. The monoisotopic (exact) mass is 515 g/mol. The van der Waals surface area contributed by atoms with Gasteiger partial charge in [0.15, 0.2) is 12.1 Å². The Morgan fingerprint density at radius 3 is 2.26 bits per heavy atom. The third-order valence-electron chi connectivity index (χ3n) is 6.74. The summed E-state index contributed by atoms with van der Waals surface area (Å²) in [5, 5.41) is 2.86. The van der Waals surface area contributed by atoms with Crippen LogP contribution < -0.4 is 10.1 Å². The number of amides is 3. The molecule has 0 bridgehead atoms. The predicted octanol–water partition coefficient (Wildman–Crippen LogP) is 5.19. The van der Waals surface area contributed by atoms with Gasteiger partial charge in [0.2, 0.25) is 5.91 Å². The van der Waals surface area contributed by atoms with E-state index in [2.05, 4.69) is 5.32 Å². The molecule has 0 radical (unpaired) electrons. The van der Waals surface area contributed by atoms with Crippen molar-refractivity contribution in [3.63, 3.8) is 0 Å². The molecule has 8 nitrogen and oxygen atoms in total. The number of carbonyl (C=O) groups is 3. The number of anilines is 1. The molecule has 2 unspecified atom stereocenters. The highest BCUT2D eigenvalue weighted by Gasteiger charge is 2.48. The summed E-state index contributed by atoms with van der Waals surface area (Å²) in [4.78, 5) is 42.6. The lowest BCUT2D eigenvalue weighted by Crippen LogP contribution is -2.48. The highest BCUT2D eigenvalue weighted by Crippen LogP contribution is 2.35. The molecular formula is C30H33N3O5. The number of benzene rings is 3. The third-order valence-corrected chi connectivity index (χ3v) is 6.74. The summed E-state index contributed by atoms with van der Waals surface area (Å²) in [5.74, 6) is 0.0128. The van der Waals surface area contributed by atoms with E-state index in [0.29, 0.717) is 35.7 Å². The number of hydrogen-bond donors (Lipinski definition) is 1. The quantitative estimate of drug-likeness (QED) is 0.424. The minimum absolute atomic E-state index is 0.161. The van der Waals surface area contributed by atoms with Crippen molar-refractivity contribution < 1.29 is 23.9 Å². The summed E-state index contributed by atoms with van der Waals surface area (Å²) in [5.41, 5.74) is 3.69. The Morgan fingerprint density at radius 1 is 0.974 bits per heavy atom. The minimum atomic E-state index is -0.808. The topological polar surface area (TPSA) is 88.2 Å². The van der Waals surface area contributed by atoms with Gasteiger partial charge in [0.25, 0.3) is 5.91 Å². The molecule has 198 valence electrons. The van der Waals surface area contributed by atoms with E-state index in [1.807, 2.05) is 45.0 Å². The summed E-state index contributed by atoms with van der Waals surface area (Å²) < 4.78 is 11.1. The number of methoxy groups -OCH3 is 1. The standard InChI is InChI=1S/C30H33N3O5/c1-5-32(6-2)29(35)26-27(38-30(36)33(26)19-21-13-11-20(3)12-14-21)22-15-17-23(18-16-22)31-28(34)24-9-7-8-10-25(24)37-4/h7-18,26-27H,5-6,19H2,1-4H3,(H,31,34). The van der Waals surface area contributed by atoms with Crippen molar-refractivity contribution >= 4 is 23.6 Å². The zero-order valence-electron chi connectivity index (χ0n) is 22.1. The van der Waals surface area contributed by atoms with E-state index < -0.39 is 18.2 Å². The molecule has 0 aliphatic carbocycles. The zero-order valence-corrected chi connectivity index (χ0v) is 22.1. The van der Waals surface area contributed by atoms with Gasteiger partial charge in [-0.25, -0.2) is 4.79 Å². The molecule has 38 heavy (non-hydrogen) atoms. The first-order chi connectivity index (χ1) is 18.4. The molecule has 1 heterocycles. The van der Waals surface area contributed by atoms with Crippen molar-refractivity contribution in [3.8, 4) is 5.75 Å². The number of cyclic esters (lactones) is 1. The average molecular weight is 516 g/mol. The predicted molar refractivity (Wildman–Crippen MR) is 145 cm³/mol. The molecule has 0 saturated carbocycles. The van der Waals surface area contributed by atoms with E-state index in [1.54, 1.807) is 53.4 Å². The van der Waals surface area contributed by atoms with Gasteiger partial charge < -0.3 is 19.7 Å². The number of aryl methyl sites for hydroxylation is 1. The van der Waals surface area contributed by atoms with E-state index in [-0.39, 0.29) is 18.4 Å². The molecule has 4 rings (SSSR count). The molecular weight excluding hydrogens is 482 g/mol. The first-order valence-electron chi connectivity index (χ1n) is 12.7. The molecule has 0 spiro atoms. The normalized spacial score (nSPS) is 16.6. The molecule has 1 aliphatic rings. The maximum atomic E-state index is 13.6. The van der Waals surface area contributed by atoms with Crippen molar-refractivity contribution in [1.82, 2.24) is 9.80 Å². The van der Waals surface area contributed by atoms with Crippen molar-refractivity contribution in [2.75, 3.05) is 25.5 Å². The van der Waals surface area contributed by atoms with Crippen LogP contribution in [0.2, 0.25) is 0 Å². The largest absolute Gasteiger partial charge is 0.496 e. The smallest absolute Gasteiger partial charge is 0.411 e. The number of nitrogens with one attached hydrogen (secondary N) is 1. The number of rotatable bonds is 9. The molecule has 0 aromatic heterocycles. The van der Waals surface area contributed by atoms with Crippen molar-refractivity contribution in [2.24, 2.45) is 0 Å². The maximum Gasteiger partial charge on any atom is 0.411 e. The number of carbonyl (C=O) groups excluding carboxylic acids is 3. The van der Waals surface area contributed by atoms with Crippen LogP contribution in [0, 0.1) is 6.92 Å². The van der Waals surface area contributed by atoms with Crippen molar-refractivity contribution in [1.29, 1.82) is 0 Å². The fourth-order valence-electron chi connectivity index (χ4n) is 4.59. The Hall–Kier alpha value is -4.33. The SMILES string of the molecule is CCN(CC)C(=O)C1C(c2ccc(NC(=O)c3ccccc3OC)cc2)OC(=O)N1Cc1ccc(C)cc1. The number of likely N-dealkylation sites (N-methyl/N-ethyl adjacent to an activating group) is 1. The van der Waals surface area contributed by atoms with Gasteiger partial charge in [-0.2, -0.15) is 0 Å². The van der Waals surface area contributed by atoms with Crippen LogP contribution in [-0.2, 0) is 16.1 Å². The number of ether oxygens (including phenoxy) is 2. The Kier molecular flexibility index (Phi) is 8.31. The van der Waals surface area contributed by atoms with Gasteiger partial charge in [0.05, 0.1) is 19.2 Å². The summed E-state index contributed by atoms with van der Waals surface area (Å²) in [6.45, 7) is 7.15. The number of hydrogen-bond acceptors (Lipinski definition) is 5. The van der Waals surface area contributed by atoms with E-state index in [0.717, 1.165) is 11.1 Å². The Morgan fingerprint density at radius 2 is 1.63 bits per heavy atom. The van der Waals surface area contributed by atoms with Crippen LogP contribution >= 0.6 is 0 Å². The summed E-state index contributed by atoms with van der Waals surface area (Å²) in [6.07, 6.45) is -1.31. The Balaban J connectivity index is 1.58. The fraction of sp³-hybridized carbons (Fsp3) is 0.300. The lowest BCUT2D eigenvalue weighted by molar-refractivity contribution is -0.136. The molecule has 8 heteroatoms. The van der Waals surface area contributed by atoms with E-state index in [1.165, 1.54) is 12.0 Å². The molecule has 3 aromatic rings. The highest BCUT2D eigenvalue weighted by molar-refractivity contribution is 6.06. The maximum absolute atomic E-state index is 13.6. The first kappa shape index (κ1) is 26.7. The Labute approximate surface area is 223 Å². The summed E-state index contributed by atoms with van der Waals surface area (Å²) in [7, 11) is 1.52. The first-order valence-corrected chi connectivity index (χ1v) is 12.7. The van der Waals surface area contributed by atoms with Crippen LogP contribution in [0.4, 0.5) is 10.5 Å². The third kappa shape index (κ3) is 5.64. The molecule has 2 atom stereocenters. The zero-order chi connectivity index (χ0) is 27.2. The molecule has 3 aromatic carbocycles. The van der Waals surface area contributed by atoms with Crippen LogP contribution in [0.25, 0.3) is 0 Å². The summed E-state index contributed by atoms with van der Waals surface area (Å²) in [6, 6.07) is 21.0. The molecule has 1 N–H and O–H groups in total. The molecule has 1 saturated heterocycles. The van der Waals surface area contributed by atoms with Gasteiger partial charge in [0, 0.05) is 18.8 Å². The van der Waals surface area contributed by atoms with E-state index >= 15 is 0 Å². The number of nitrogens with zero attached hydrogens (tertiary/aromatic N) is 2. The van der Waals surface area contributed by atoms with Gasteiger partial charge in [-0.15, -0.1) is 0 Å². The lowest BCUT2D eigenvalue weighted by atomic mass is 9.99.